The summed E-state index contributed by atoms with van der Waals surface area (Å²) in [7, 11) is 0. The predicted octanol–water partition coefficient (Wildman–Crippen LogP) is 4.08. The second kappa shape index (κ2) is 5.98. The van der Waals surface area contributed by atoms with Gasteiger partial charge in [-0.2, -0.15) is 0 Å². The van der Waals surface area contributed by atoms with Gasteiger partial charge < -0.3 is 5.32 Å². The molecule has 0 aliphatic carbocycles. The highest BCUT2D eigenvalue weighted by Crippen LogP contribution is 2.21. The Morgan fingerprint density at radius 2 is 1.90 bits per heavy atom. The smallest absolute Gasteiger partial charge is 0.188 e. The molecule has 4 nitrogen and oxygen atoms in total. The first-order valence-electron chi connectivity index (χ1n) is 6.02. The summed E-state index contributed by atoms with van der Waals surface area (Å²) in [5.41, 5.74) is 2.75. The minimum absolute atomic E-state index is 0.413. The van der Waals surface area contributed by atoms with Gasteiger partial charge in [-0.05, 0) is 12.1 Å². The van der Waals surface area contributed by atoms with E-state index in [1.54, 1.807) is 0 Å². The quantitative estimate of drug-likeness (QED) is 0.738. The van der Waals surface area contributed by atoms with Crippen molar-refractivity contribution in [3.05, 3.63) is 53.5 Å². The number of aromatic nitrogens is 3. The Balaban J connectivity index is 1.76. The summed E-state index contributed by atoms with van der Waals surface area (Å²) in [6, 6.07) is 13.8. The molecule has 0 saturated heterocycles. The number of thiazole rings is 1. The van der Waals surface area contributed by atoms with E-state index in [0.29, 0.717) is 11.7 Å². The third-order valence-corrected chi connectivity index (χ3v) is 3.74. The van der Waals surface area contributed by atoms with Crippen molar-refractivity contribution < 1.29 is 0 Å². The fourth-order valence-corrected chi connectivity index (χ4v) is 2.64. The van der Waals surface area contributed by atoms with Crippen LogP contribution in [-0.4, -0.2) is 15.2 Å². The zero-order valence-corrected chi connectivity index (χ0v) is 12.0. The fourth-order valence-electron chi connectivity index (χ4n) is 1.70. The summed E-state index contributed by atoms with van der Waals surface area (Å²) in [5, 5.41) is 14.2. The van der Waals surface area contributed by atoms with Gasteiger partial charge in [0.15, 0.2) is 10.9 Å². The Morgan fingerprint density at radius 1 is 1.05 bits per heavy atom. The van der Waals surface area contributed by atoms with Crippen LogP contribution in [0.25, 0.3) is 11.3 Å². The molecule has 0 fully saturated rings. The maximum Gasteiger partial charge on any atom is 0.188 e. The van der Waals surface area contributed by atoms with Crippen molar-refractivity contribution in [2.45, 2.75) is 5.88 Å². The highest BCUT2D eigenvalue weighted by molar-refractivity contribution is 7.13. The van der Waals surface area contributed by atoms with Crippen molar-refractivity contribution in [2.24, 2.45) is 0 Å². The monoisotopic (exact) mass is 302 g/mol. The SMILES string of the molecule is ClCc1csc(Nc2ccc(-c3ccccc3)nn2)n1. The van der Waals surface area contributed by atoms with E-state index < -0.39 is 0 Å². The molecule has 3 aromatic rings. The Morgan fingerprint density at radius 3 is 2.55 bits per heavy atom. The van der Waals surface area contributed by atoms with Gasteiger partial charge in [0, 0.05) is 10.9 Å². The summed E-state index contributed by atoms with van der Waals surface area (Å²) in [6.07, 6.45) is 0. The lowest BCUT2D eigenvalue weighted by Gasteiger charge is -2.02. The van der Waals surface area contributed by atoms with Crippen LogP contribution in [0.2, 0.25) is 0 Å². The molecule has 1 aromatic carbocycles. The van der Waals surface area contributed by atoms with Crippen LogP contribution in [0, 0.1) is 0 Å². The van der Waals surface area contributed by atoms with Crippen LogP contribution in [0.1, 0.15) is 5.69 Å². The molecule has 2 aromatic heterocycles. The molecule has 3 rings (SSSR count). The molecule has 0 aliphatic heterocycles. The summed E-state index contributed by atoms with van der Waals surface area (Å²) in [6.45, 7) is 0. The van der Waals surface area contributed by atoms with E-state index in [-0.39, 0.29) is 0 Å². The van der Waals surface area contributed by atoms with E-state index in [4.69, 9.17) is 11.6 Å². The number of anilines is 2. The number of hydrogen-bond donors (Lipinski definition) is 1. The Labute approximate surface area is 125 Å². The average Bonchev–Trinajstić information content (AvgIpc) is 2.97. The van der Waals surface area contributed by atoms with Gasteiger partial charge in [0.05, 0.1) is 17.3 Å². The third kappa shape index (κ3) is 2.95. The number of nitrogens with one attached hydrogen (secondary N) is 1. The van der Waals surface area contributed by atoms with Gasteiger partial charge in [0.25, 0.3) is 0 Å². The normalized spacial score (nSPS) is 10.4. The van der Waals surface area contributed by atoms with E-state index in [9.17, 15) is 0 Å². The molecule has 20 heavy (non-hydrogen) atoms. The first-order chi connectivity index (χ1) is 9.85. The number of hydrogen-bond acceptors (Lipinski definition) is 5. The van der Waals surface area contributed by atoms with Gasteiger partial charge in [-0.1, -0.05) is 30.3 Å². The van der Waals surface area contributed by atoms with E-state index in [0.717, 1.165) is 22.1 Å². The number of rotatable bonds is 4. The van der Waals surface area contributed by atoms with Gasteiger partial charge in [0.1, 0.15) is 0 Å². The number of benzene rings is 1. The van der Waals surface area contributed by atoms with Crippen molar-refractivity contribution >= 4 is 33.9 Å². The average molecular weight is 303 g/mol. The molecular formula is C14H11ClN4S. The van der Waals surface area contributed by atoms with E-state index in [1.165, 1.54) is 11.3 Å². The Kier molecular flexibility index (Phi) is 3.90. The van der Waals surface area contributed by atoms with E-state index >= 15 is 0 Å². The molecule has 0 spiro atoms. The van der Waals surface area contributed by atoms with Crippen molar-refractivity contribution in [1.82, 2.24) is 15.2 Å². The second-order valence-electron chi connectivity index (χ2n) is 4.07. The molecule has 2 heterocycles. The molecular weight excluding hydrogens is 292 g/mol. The molecule has 1 N–H and O–H groups in total. The van der Waals surface area contributed by atoms with E-state index in [1.807, 2.05) is 47.8 Å². The standard InChI is InChI=1S/C14H11ClN4S/c15-8-11-9-20-14(16-11)17-13-7-6-12(18-19-13)10-4-2-1-3-5-10/h1-7,9H,8H2,(H,16,17,19). The van der Waals surface area contributed by atoms with Crippen LogP contribution in [0.3, 0.4) is 0 Å². The minimum Gasteiger partial charge on any atom is -0.315 e. The van der Waals surface area contributed by atoms with Crippen LogP contribution in [0.4, 0.5) is 10.9 Å². The van der Waals surface area contributed by atoms with Gasteiger partial charge in [0.2, 0.25) is 0 Å². The summed E-state index contributed by atoms with van der Waals surface area (Å²) in [5.74, 6) is 1.08. The first-order valence-corrected chi connectivity index (χ1v) is 7.43. The zero-order chi connectivity index (χ0) is 13.8. The number of nitrogens with zero attached hydrogens (tertiary/aromatic N) is 3. The summed E-state index contributed by atoms with van der Waals surface area (Å²) in [4.78, 5) is 4.31. The molecule has 6 heteroatoms. The first kappa shape index (κ1) is 13.0. The fraction of sp³-hybridized carbons (Fsp3) is 0.0714. The highest BCUT2D eigenvalue weighted by Gasteiger charge is 2.04. The van der Waals surface area contributed by atoms with Gasteiger partial charge >= 0.3 is 0 Å². The molecule has 100 valence electrons. The molecule has 0 amide bonds. The number of halogens is 1. The molecule has 0 bridgehead atoms. The minimum atomic E-state index is 0.413. The molecule has 0 atom stereocenters. The maximum absolute atomic E-state index is 5.72. The molecule has 0 radical (unpaired) electrons. The van der Waals surface area contributed by atoms with Crippen molar-refractivity contribution in [2.75, 3.05) is 5.32 Å². The lowest BCUT2D eigenvalue weighted by atomic mass is 10.1. The number of alkyl halides is 1. The topological polar surface area (TPSA) is 50.7 Å². The summed E-state index contributed by atoms with van der Waals surface area (Å²) >= 11 is 7.22. The predicted molar refractivity (Wildman–Crippen MR) is 82.4 cm³/mol. The zero-order valence-electron chi connectivity index (χ0n) is 10.5. The highest BCUT2D eigenvalue weighted by atomic mass is 35.5. The molecule has 0 unspecified atom stereocenters. The molecule has 0 aliphatic rings. The van der Waals surface area contributed by atoms with Crippen LogP contribution in [0.15, 0.2) is 47.8 Å². The van der Waals surface area contributed by atoms with Crippen LogP contribution in [-0.2, 0) is 5.88 Å². The van der Waals surface area contributed by atoms with Crippen LogP contribution >= 0.6 is 22.9 Å². The van der Waals surface area contributed by atoms with Crippen LogP contribution < -0.4 is 5.32 Å². The Hall–Kier alpha value is -1.98. The van der Waals surface area contributed by atoms with Gasteiger partial charge in [-0.25, -0.2) is 4.98 Å². The molecule has 0 saturated carbocycles. The lowest BCUT2D eigenvalue weighted by Crippen LogP contribution is -1.96. The largest absolute Gasteiger partial charge is 0.315 e. The van der Waals surface area contributed by atoms with Crippen molar-refractivity contribution in [1.29, 1.82) is 0 Å². The second-order valence-corrected chi connectivity index (χ2v) is 5.20. The lowest BCUT2D eigenvalue weighted by molar-refractivity contribution is 1.04. The van der Waals surface area contributed by atoms with E-state index in [2.05, 4.69) is 20.5 Å². The maximum atomic E-state index is 5.72. The van der Waals surface area contributed by atoms with Gasteiger partial charge in [-0.15, -0.1) is 33.1 Å². The summed E-state index contributed by atoms with van der Waals surface area (Å²) < 4.78 is 0. The van der Waals surface area contributed by atoms with Crippen LogP contribution in [0.5, 0.6) is 0 Å². The van der Waals surface area contributed by atoms with Crippen molar-refractivity contribution in [3.63, 3.8) is 0 Å². The Bertz CT molecular complexity index is 682. The third-order valence-electron chi connectivity index (χ3n) is 2.66. The van der Waals surface area contributed by atoms with Crippen molar-refractivity contribution in [3.8, 4) is 11.3 Å². The van der Waals surface area contributed by atoms with Gasteiger partial charge in [-0.3, -0.25) is 0 Å².